The first-order valence-electron chi connectivity index (χ1n) is 5.91. The maximum atomic E-state index is 12.0. The molecule has 0 fully saturated rings. The van der Waals surface area contributed by atoms with E-state index in [0.717, 1.165) is 11.4 Å². The van der Waals surface area contributed by atoms with Crippen molar-refractivity contribution in [2.24, 2.45) is 0 Å². The van der Waals surface area contributed by atoms with E-state index in [1.54, 1.807) is 6.07 Å². The van der Waals surface area contributed by atoms with Crippen molar-refractivity contribution in [3.05, 3.63) is 17.0 Å². The van der Waals surface area contributed by atoms with Crippen LogP contribution in [0.1, 0.15) is 11.8 Å². The third-order valence-corrected chi connectivity index (χ3v) is 5.62. The van der Waals surface area contributed by atoms with Gasteiger partial charge in [-0.15, -0.1) is 11.3 Å². The summed E-state index contributed by atoms with van der Waals surface area (Å²) >= 11 is 1.30. The Morgan fingerprint density at radius 1 is 1.39 bits per heavy atom. The van der Waals surface area contributed by atoms with Gasteiger partial charge in [0.05, 0.1) is 0 Å². The number of rotatable bonds is 8. The van der Waals surface area contributed by atoms with Gasteiger partial charge >= 0.3 is 0 Å². The van der Waals surface area contributed by atoms with Gasteiger partial charge in [-0.1, -0.05) is 6.92 Å². The summed E-state index contributed by atoms with van der Waals surface area (Å²) < 4.78 is 27.0. The van der Waals surface area contributed by atoms with E-state index in [-0.39, 0.29) is 0 Å². The molecule has 104 valence electrons. The second-order valence-electron chi connectivity index (χ2n) is 4.04. The second kappa shape index (κ2) is 7.20. The molecular formula is C11H21N3O2S2. The number of thiophene rings is 1. The lowest BCUT2D eigenvalue weighted by Crippen LogP contribution is -2.32. The highest BCUT2D eigenvalue weighted by Crippen LogP contribution is 2.20. The molecule has 0 unspecified atom stereocenters. The molecule has 1 rings (SSSR count). The van der Waals surface area contributed by atoms with Gasteiger partial charge in [-0.25, -0.2) is 13.1 Å². The van der Waals surface area contributed by atoms with E-state index in [2.05, 4.69) is 14.9 Å². The fourth-order valence-corrected chi connectivity index (χ4v) is 3.81. The lowest BCUT2D eigenvalue weighted by molar-refractivity contribution is 0.358. The lowest BCUT2D eigenvalue weighted by Gasteiger charge is -2.13. The Morgan fingerprint density at radius 3 is 2.72 bits per heavy atom. The first-order chi connectivity index (χ1) is 8.49. The molecule has 0 aliphatic carbocycles. The van der Waals surface area contributed by atoms with Gasteiger partial charge in [-0.05, 0) is 32.8 Å². The summed E-state index contributed by atoms with van der Waals surface area (Å²) in [4.78, 5) is 3.08. The molecule has 5 nitrogen and oxygen atoms in total. The van der Waals surface area contributed by atoms with Crippen LogP contribution in [0.25, 0.3) is 0 Å². The highest BCUT2D eigenvalue weighted by molar-refractivity contribution is 7.91. The smallest absolute Gasteiger partial charge is 0.250 e. The molecule has 0 spiro atoms. The van der Waals surface area contributed by atoms with Crippen LogP contribution in [0.5, 0.6) is 0 Å². The molecule has 0 atom stereocenters. The van der Waals surface area contributed by atoms with Crippen molar-refractivity contribution in [2.75, 3.05) is 33.7 Å². The molecule has 0 aliphatic heterocycles. The van der Waals surface area contributed by atoms with Crippen LogP contribution in [0.15, 0.2) is 16.3 Å². The predicted octanol–water partition coefficient (Wildman–Crippen LogP) is 0.697. The first kappa shape index (κ1) is 15.6. The van der Waals surface area contributed by atoms with Gasteiger partial charge in [-0.2, -0.15) is 0 Å². The van der Waals surface area contributed by atoms with Crippen molar-refractivity contribution in [1.29, 1.82) is 0 Å². The fourth-order valence-electron chi connectivity index (χ4n) is 1.37. The van der Waals surface area contributed by atoms with Gasteiger partial charge in [0, 0.05) is 24.5 Å². The molecule has 0 bridgehead atoms. The zero-order valence-corrected chi connectivity index (χ0v) is 12.7. The average Bonchev–Trinajstić information content (AvgIpc) is 2.78. The number of sulfonamides is 1. The summed E-state index contributed by atoms with van der Waals surface area (Å²) in [7, 11) is 0.455. The van der Waals surface area contributed by atoms with Gasteiger partial charge in [-0.3, -0.25) is 0 Å². The van der Waals surface area contributed by atoms with Gasteiger partial charge in [0.15, 0.2) is 0 Å². The highest BCUT2D eigenvalue weighted by Gasteiger charge is 2.16. The summed E-state index contributed by atoms with van der Waals surface area (Å²) in [5.41, 5.74) is 0. The van der Waals surface area contributed by atoms with E-state index >= 15 is 0 Å². The minimum absolute atomic E-state index is 0.381. The minimum Gasteiger partial charge on any atom is -0.315 e. The average molecular weight is 291 g/mol. The molecule has 0 amide bonds. The van der Waals surface area contributed by atoms with E-state index in [4.69, 9.17) is 0 Å². The number of nitrogens with one attached hydrogen (secondary N) is 2. The summed E-state index contributed by atoms with van der Waals surface area (Å²) in [6, 6.07) is 3.50. The Morgan fingerprint density at radius 2 is 2.11 bits per heavy atom. The van der Waals surface area contributed by atoms with Gasteiger partial charge in [0.2, 0.25) is 10.0 Å². The molecule has 1 aromatic heterocycles. The fraction of sp³-hybridized carbons (Fsp3) is 0.636. The summed E-state index contributed by atoms with van der Waals surface area (Å²) in [5, 5.41) is 3.00. The monoisotopic (exact) mass is 291 g/mol. The molecule has 0 aliphatic rings. The molecule has 2 N–H and O–H groups in total. The predicted molar refractivity (Wildman–Crippen MR) is 75.4 cm³/mol. The number of hydrogen-bond acceptors (Lipinski definition) is 5. The number of likely N-dealkylation sites (N-methyl/N-ethyl adjacent to an activating group) is 1. The molecular weight excluding hydrogens is 270 g/mol. The minimum atomic E-state index is -3.35. The van der Waals surface area contributed by atoms with Crippen molar-refractivity contribution < 1.29 is 8.42 Å². The number of hydrogen-bond donors (Lipinski definition) is 2. The maximum Gasteiger partial charge on any atom is 0.250 e. The third kappa shape index (κ3) is 4.66. The Balaban J connectivity index is 2.56. The third-order valence-electron chi connectivity index (χ3n) is 2.58. The van der Waals surface area contributed by atoms with Gasteiger partial charge in [0.25, 0.3) is 0 Å². The van der Waals surface area contributed by atoms with E-state index in [1.165, 1.54) is 11.3 Å². The van der Waals surface area contributed by atoms with E-state index < -0.39 is 10.0 Å². The summed E-state index contributed by atoms with van der Waals surface area (Å²) in [5.74, 6) is 0. The van der Waals surface area contributed by atoms with Crippen molar-refractivity contribution in [1.82, 2.24) is 14.9 Å². The normalized spacial score (nSPS) is 12.2. The standard InChI is InChI=1S/C11H21N3O2S2/c1-4-14(3)8-7-13-18(15,16)11-6-5-10(17-11)9-12-2/h5-6,12-13H,4,7-9H2,1-3H3. The summed E-state index contributed by atoms with van der Waals surface area (Å²) in [6.07, 6.45) is 0. The van der Waals surface area contributed by atoms with Gasteiger partial charge in [0.1, 0.15) is 4.21 Å². The molecule has 1 aromatic rings. The van der Waals surface area contributed by atoms with Crippen molar-refractivity contribution in [3.8, 4) is 0 Å². The zero-order chi connectivity index (χ0) is 13.6. The first-order valence-corrected chi connectivity index (χ1v) is 8.21. The van der Waals surface area contributed by atoms with Crippen LogP contribution >= 0.6 is 11.3 Å². The van der Waals surface area contributed by atoms with Crippen LogP contribution in [0, 0.1) is 0 Å². The maximum absolute atomic E-state index is 12.0. The van der Waals surface area contributed by atoms with Crippen LogP contribution in [-0.4, -0.2) is 47.0 Å². The van der Waals surface area contributed by atoms with Gasteiger partial charge < -0.3 is 10.2 Å². The SMILES string of the molecule is CCN(C)CCNS(=O)(=O)c1ccc(CNC)s1. The number of nitrogens with zero attached hydrogens (tertiary/aromatic N) is 1. The van der Waals surface area contributed by atoms with E-state index in [1.807, 2.05) is 27.1 Å². The zero-order valence-electron chi connectivity index (χ0n) is 11.1. The Labute approximate surface area is 113 Å². The quantitative estimate of drug-likeness (QED) is 0.740. The second-order valence-corrected chi connectivity index (χ2v) is 7.21. The lowest BCUT2D eigenvalue weighted by atomic mass is 10.5. The largest absolute Gasteiger partial charge is 0.315 e. The molecule has 0 saturated carbocycles. The Kier molecular flexibility index (Phi) is 6.24. The van der Waals surface area contributed by atoms with Crippen LogP contribution in [0.2, 0.25) is 0 Å². The molecule has 7 heteroatoms. The highest BCUT2D eigenvalue weighted by atomic mass is 32.2. The Bertz CT molecular complexity index is 457. The van der Waals surface area contributed by atoms with Crippen LogP contribution in [-0.2, 0) is 16.6 Å². The van der Waals surface area contributed by atoms with Crippen LogP contribution in [0.3, 0.4) is 0 Å². The van der Waals surface area contributed by atoms with Crippen molar-refractivity contribution in [2.45, 2.75) is 17.7 Å². The van der Waals surface area contributed by atoms with Crippen LogP contribution in [0.4, 0.5) is 0 Å². The van der Waals surface area contributed by atoms with Crippen LogP contribution < -0.4 is 10.0 Å². The topological polar surface area (TPSA) is 61.4 Å². The van der Waals surface area contributed by atoms with E-state index in [0.29, 0.717) is 23.8 Å². The van der Waals surface area contributed by atoms with Crippen molar-refractivity contribution >= 4 is 21.4 Å². The summed E-state index contributed by atoms with van der Waals surface area (Å²) in [6.45, 7) is 4.79. The molecule has 1 heterocycles. The molecule has 18 heavy (non-hydrogen) atoms. The molecule has 0 radical (unpaired) electrons. The molecule has 0 saturated heterocycles. The Hall–Kier alpha value is -0.470. The molecule has 0 aromatic carbocycles. The van der Waals surface area contributed by atoms with E-state index in [9.17, 15) is 8.42 Å². The van der Waals surface area contributed by atoms with Crippen molar-refractivity contribution in [3.63, 3.8) is 0 Å².